The Labute approximate surface area is 192 Å². The minimum absolute atomic E-state index is 0.0637. The van der Waals surface area contributed by atoms with E-state index in [1.54, 1.807) is 12.1 Å². The molecule has 2 N–H and O–H groups in total. The van der Waals surface area contributed by atoms with Gasteiger partial charge in [-0.2, -0.15) is 0 Å². The van der Waals surface area contributed by atoms with Gasteiger partial charge in [0, 0.05) is 40.0 Å². The number of hydrogen-bond donors (Lipinski definition) is 1. The summed E-state index contributed by atoms with van der Waals surface area (Å²) >= 11 is 0. The zero-order valence-electron chi connectivity index (χ0n) is 21.2. The summed E-state index contributed by atoms with van der Waals surface area (Å²) in [6.07, 6.45) is 0. The van der Waals surface area contributed by atoms with E-state index in [1.165, 1.54) is 16.7 Å². The number of anilines is 1. The van der Waals surface area contributed by atoms with E-state index >= 15 is 0 Å². The van der Waals surface area contributed by atoms with E-state index in [0.29, 0.717) is 0 Å². The van der Waals surface area contributed by atoms with Crippen LogP contribution in [0.1, 0.15) is 77.6 Å². The number of nitrogens with two attached hydrogens (primary N) is 1. The van der Waals surface area contributed by atoms with Gasteiger partial charge in [-0.05, 0) is 104 Å². The van der Waals surface area contributed by atoms with E-state index in [0.717, 1.165) is 11.3 Å². The average Bonchev–Trinajstić information content (AvgIpc) is 2.92. The molecule has 0 saturated carbocycles. The second-order valence-corrected chi connectivity index (χ2v) is 11.1. The molecule has 0 saturated heterocycles. The van der Waals surface area contributed by atoms with Crippen LogP contribution in [0, 0.1) is 10.1 Å². The molecule has 0 unspecified atom stereocenters. The van der Waals surface area contributed by atoms with Crippen molar-refractivity contribution in [2.24, 2.45) is 0 Å². The fourth-order valence-electron chi connectivity index (χ4n) is 5.41. The van der Waals surface area contributed by atoms with E-state index in [2.05, 4.69) is 91.4 Å². The average molecular weight is 439 g/mol. The highest BCUT2D eigenvalue weighted by molar-refractivity contribution is 5.52. The van der Waals surface area contributed by atoms with E-state index in [9.17, 15) is 10.1 Å². The molecule has 0 spiro atoms. The van der Waals surface area contributed by atoms with Crippen molar-refractivity contribution in [3.63, 3.8) is 0 Å². The molecule has 2 heterocycles. The molecule has 2 aliphatic rings. The Kier molecular flexibility index (Phi) is 5.51. The SMILES string of the molecule is CN1C(C)(C)c2ccc(N)cc2C1(C)C.CN1C(C)(C)c2ccc([N+](=O)[O-])cc2C1(C)C. The van der Waals surface area contributed by atoms with Gasteiger partial charge in [0.1, 0.15) is 0 Å². The maximum Gasteiger partial charge on any atom is 0.269 e. The minimum Gasteiger partial charge on any atom is -0.399 e. The van der Waals surface area contributed by atoms with Crippen LogP contribution in [0.2, 0.25) is 0 Å². The van der Waals surface area contributed by atoms with Gasteiger partial charge >= 0.3 is 0 Å². The molecule has 6 nitrogen and oxygen atoms in total. The largest absolute Gasteiger partial charge is 0.399 e. The van der Waals surface area contributed by atoms with E-state index in [1.807, 2.05) is 12.1 Å². The zero-order valence-corrected chi connectivity index (χ0v) is 21.2. The smallest absolute Gasteiger partial charge is 0.269 e. The first-order chi connectivity index (χ1) is 14.5. The van der Waals surface area contributed by atoms with Gasteiger partial charge in [0.25, 0.3) is 5.69 Å². The molecular weight excluding hydrogens is 400 g/mol. The molecular formula is C26H38N4O2. The van der Waals surface area contributed by atoms with Gasteiger partial charge < -0.3 is 5.73 Å². The number of rotatable bonds is 1. The van der Waals surface area contributed by atoms with Crippen LogP contribution in [0.15, 0.2) is 36.4 Å². The fourth-order valence-corrected chi connectivity index (χ4v) is 5.41. The van der Waals surface area contributed by atoms with Crippen molar-refractivity contribution in [3.05, 3.63) is 68.8 Å². The van der Waals surface area contributed by atoms with Gasteiger partial charge in [0.2, 0.25) is 0 Å². The van der Waals surface area contributed by atoms with Crippen molar-refractivity contribution >= 4 is 11.4 Å². The van der Waals surface area contributed by atoms with Crippen molar-refractivity contribution in [1.82, 2.24) is 9.80 Å². The fraction of sp³-hybridized carbons (Fsp3) is 0.538. The molecule has 0 atom stereocenters. The molecule has 6 heteroatoms. The summed E-state index contributed by atoms with van der Waals surface area (Å²) in [5, 5.41) is 10.8. The number of hydrogen-bond acceptors (Lipinski definition) is 5. The van der Waals surface area contributed by atoms with Crippen molar-refractivity contribution in [1.29, 1.82) is 0 Å². The van der Waals surface area contributed by atoms with Crippen LogP contribution >= 0.6 is 0 Å². The molecule has 2 aromatic carbocycles. The van der Waals surface area contributed by atoms with E-state index in [-0.39, 0.29) is 32.8 Å². The molecule has 2 aliphatic heterocycles. The van der Waals surface area contributed by atoms with Crippen LogP contribution in [0.25, 0.3) is 0 Å². The molecule has 0 aromatic heterocycles. The first kappa shape index (κ1) is 24.2. The van der Waals surface area contributed by atoms with Gasteiger partial charge in [0.05, 0.1) is 4.92 Å². The molecule has 0 bridgehead atoms. The summed E-state index contributed by atoms with van der Waals surface area (Å²) in [7, 11) is 4.24. The van der Waals surface area contributed by atoms with Crippen LogP contribution in [-0.4, -0.2) is 28.8 Å². The molecule has 174 valence electrons. The monoisotopic (exact) mass is 438 g/mol. The van der Waals surface area contributed by atoms with Gasteiger partial charge in [-0.3, -0.25) is 19.9 Å². The maximum absolute atomic E-state index is 10.8. The molecule has 2 aromatic rings. The number of benzene rings is 2. The summed E-state index contributed by atoms with van der Waals surface area (Å²) < 4.78 is 0. The van der Waals surface area contributed by atoms with Crippen LogP contribution in [0.4, 0.5) is 11.4 Å². The second-order valence-electron chi connectivity index (χ2n) is 11.1. The number of fused-ring (bicyclic) bond motifs is 2. The Hall–Kier alpha value is -2.44. The van der Waals surface area contributed by atoms with Crippen LogP contribution in [0.5, 0.6) is 0 Å². The lowest BCUT2D eigenvalue weighted by molar-refractivity contribution is -0.385. The number of nitrogen functional groups attached to an aromatic ring is 1. The quantitative estimate of drug-likeness (QED) is 0.351. The Morgan fingerprint density at radius 1 is 0.688 bits per heavy atom. The van der Waals surface area contributed by atoms with Gasteiger partial charge in [-0.1, -0.05) is 12.1 Å². The number of nitro benzene ring substituents is 1. The Bertz CT molecular complexity index is 1070. The summed E-state index contributed by atoms with van der Waals surface area (Å²) in [6, 6.07) is 11.5. The molecule has 32 heavy (non-hydrogen) atoms. The maximum atomic E-state index is 10.8. The lowest BCUT2D eigenvalue weighted by atomic mass is 9.90. The zero-order chi connectivity index (χ0) is 24.4. The summed E-state index contributed by atoms with van der Waals surface area (Å²) in [6.45, 7) is 17.5. The van der Waals surface area contributed by atoms with Gasteiger partial charge in [0.15, 0.2) is 0 Å². The highest BCUT2D eigenvalue weighted by Gasteiger charge is 2.48. The van der Waals surface area contributed by atoms with Crippen LogP contribution in [-0.2, 0) is 22.2 Å². The lowest BCUT2D eigenvalue weighted by Crippen LogP contribution is -2.42. The predicted molar refractivity (Wildman–Crippen MR) is 132 cm³/mol. The highest BCUT2D eigenvalue weighted by atomic mass is 16.6. The molecule has 0 amide bonds. The van der Waals surface area contributed by atoms with Crippen LogP contribution < -0.4 is 5.73 Å². The predicted octanol–water partition coefficient (Wildman–Crippen LogP) is 5.69. The van der Waals surface area contributed by atoms with Crippen molar-refractivity contribution in [3.8, 4) is 0 Å². The van der Waals surface area contributed by atoms with Crippen LogP contribution in [0.3, 0.4) is 0 Å². The van der Waals surface area contributed by atoms with Crippen molar-refractivity contribution in [2.45, 2.75) is 77.5 Å². The Morgan fingerprint density at radius 3 is 1.50 bits per heavy atom. The molecule has 0 fully saturated rings. The normalized spacial score (nSPS) is 21.9. The third-order valence-corrected chi connectivity index (χ3v) is 8.25. The highest BCUT2D eigenvalue weighted by Crippen LogP contribution is 2.49. The van der Waals surface area contributed by atoms with E-state index < -0.39 is 0 Å². The summed E-state index contributed by atoms with van der Waals surface area (Å²) in [5.74, 6) is 0. The van der Waals surface area contributed by atoms with Crippen molar-refractivity contribution in [2.75, 3.05) is 19.8 Å². The third-order valence-electron chi connectivity index (χ3n) is 8.25. The first-order valence-corrected chi connectivity index (χ1v) is 11.1. The van der Waals surface area contributed by atoms with Crippen molar-refractivity contribution < 1.29 is 4.92 Å². The first-order valence-electron chi connectivity index (χ1n) is 11.1. The molecule has 0 radical (unpaired) electrons. The minimum atomic E-state index is -0.332. The summed E-state index contributed by atoms with van der Waals surface area (Å²) in [5.41, 5.74) is 11.8. The second kappa shape index (κ2) is 7.29. The van der Waals surface area contributed by atoms with E-state index in [4.69, 9.17) is 5.73 Å². The van der Waals surface area contributed by atoms with Gasteiger partial charge in [-0.15, -0.1) is 0 Å². The topological polar surface area (TPSA) is 75.6 Å². The number of non-ortho nitro benzene ring substituents is 1. The standard InChI is InChI=1S/C13H18N2O2.C13H20N2/c1-12(2)10-7-6-9(15(16)17)8-11(10)13(3,4)14(12)5;1-12(2)10-7-6-9(14)8-11(10)13(3,4)15(12)5/h6-8H,1-5H3;6-8H,14H2,1-5H3. The van der Waals surface area contributed by atoms with Gasteiger partial charge in [-0.25, -0.2) is 0 Å². The molecule has 4 rings (SSSR count). The molecule has 0 aliphatic carbocycles. The number of nitrogens with zero attached hydrogens (tertiary/aromatic N) is 3. The third kappa shape index (κ3) is 3.41. The Morgan fingerprint density at radius 2 is 1.06 bits per heavy atom. The number of nitro groups is 1. The Balaban J connectivity index is 0.000000182. The summed E-state index contributed by atoms with van der Waals surface area (Å²) in [4.78, 5) is 15.2. The lowest BCUT2D eigenvalue weighted by Gasteiger charge is -2.37.